The molecule has 1 aliphatic heterocycles. The van der Waals surface area contributed by atoms with E-state index in [9.17, 15) is 9.18 Å². The van der Waals surface area contributed by atoms with Crippen LogP contribution in [0.15, 0.2) is 24.3 Å². The molecule has 0 bridgehead atoms. The van der Waals surface area contributed by atoms with Gasteiger partial charge in [0.1, 0.15) is 11.4 Å². The molecule has 0 aromatic heterocycles. The molecule has 1 fully saturated rings. The number of rotatable bonds is 2. The van der Waals surface area contributed by atoms with Crippen molar-refractivity contribution >= 4 is 23.2 Å². The van der Waals surface area contributed by atoms with Gasteiger partial charge in [0.25, 0.3) is 5.91 Å². The van der Waals surface area contributed by atoms with Gasteiger partial charge in [0.2, 0.25) is 0 Å². The first-order valence-corrected chi connectivity index (χ1v) is 5.39. The van der Waals surface area contributed by atoms with E-state index in [1.165, 1.54) is 12.1 Å². The Hall–Kier alpha value is -1.49. The first-order valence-electron chi connectivity index (χ1n) is 4.98. The Bertz CT molecular complexity index is 463. The highest BCUT2D eigenvalue weighted by molar-refractivity contribution is 7.80. The van der Waals surface area contributed by atoms with Gasteiger partial charge in [-0.1, -0.05) is 19.1 Å². The van der Waals surface area contributed by atoms with Gasteiger partial charge >= 0.3 is 0 Å². The average molecular weight is 238 g/mol. The van der Waals surface area contributed by atoms with Crippen molar-refractivity contribution in [1.82, 2.24) is 10.6 Å². The highest BCUT2D eigenvalue weighted by atomic mass is 32.1. The third kappa shape index (κ3) is 1.57. The Morgan fingerprint density at radius 3 is 2.75 bits per heavy atom. The van der Waals surface area contributed by atoms with E-state index in [1.54, 1.807) is 12.1 Å². The molecule has 1 aromatic rings. The number of halogens is 1. The molecule has 16 heavy (non-hydrogen) atoms. The first-order chi connectivity index (χ1) is 7.58. The summed E-state index contributed by atoms with van der Waals surface area (Å²) in [4.78, 5) is 11.9. The van der Waals surface area contributed by atoms with Crippen LogP contribution in [-0.4, -0.2) is 11.0 Å². The van der Waals surface area contributed by atoms with Gasteiger partial charge in [0, 0.05) is 0 Å². The summed E-state index contributed by atoms with van der Waals surface area (Å²) >= 11 is 4.91. The minimum absolute atomic E-state index is 0.231. The minimum Gasteiger partial charge on any atom is -0.344 e. The molecule has 0 aliphatic carbocycles. The Morgan fingerprint density at radius 2 is 2.25 bits per heavy atom. The summed E-state index contributed by atoms with van der Waals surface area (Å²) in [7, 11) is 0. The second kappa shape index (κ2) is 3.83. The summed E-state index contributed by atoms with van der Waals surface area (Å²) in [6.07, 6.45) is 0.502. The fourth-order valence-corrected chi connectivity index (χ4v) is 2.17. The average Bonchev–Trinajstić information content (AvgIpc) is 2.54. The second-order valence-electron chi connectivity index (χ2n) is 3.68. The minimum atomic E-state index is -0.931. The molecule has 1 unspecified atom stereocenters. The van der Waals surface area contributed by atoms with E-state index < -0.39 is 5.54 Å². The van der Waals surface area contributed by atoms with Crippen LogP contribution >= 0.6 is 12.2 Å². The number of nitrogens with one attached hydrogen (secondary N) is 2. The lowest BCUT2D eigenvalue weighted by atomic mass is 9.87. The second-order valence-corrected chi connectivity index (χ2v) is 4.09. The maximum absolute atomic E-state index is 13.2. The smallest absolute Gasteiger partial charge is 0.256 e. The van der Waals surface area contributed by atoms with Gasteiger partial charge < -0.3 is 10.6 Å². The summed E-state index contributed by atoms with van der Waals surface area (Å²) in [5.74, 6) is -0.594. The normalized spacial score (nSPS) is 24.1. The lowest BCUT2D eigenvalue weighted by molar-refractivity contribution is -0.124. The van der Waals surface area contributed by atoms with Crippen molar-refractivity contribution in [1.29, 1.82) is 0 Å². The summed E-state index contributed by atoms with van der Waals surface area (Å²) in [6, 6.07) is 5.99. The zero-order chi connectivity index (χ0) is 11.8. The molecule has 84 valence electrons. The van der Waals surface area contributed by atoms with Gasteiger partial charge in [-0.05, 0) is 36.3 Å². The quantitative estimate of drug-likeness (QED) is 0.766. The standard InChI is InChI=1S/C11H11FN2OS/c1-2-11(9(15)13-10(16)14-11)7-4-3-5-8(12)6-7/h3-6H,2H2,1H3,(H2,13,14,15,16). The summed E-state index contributed by atoms with van der Waals surface area (Å²) in [5.41, 5.74) is -0.341. The lowest BCUT2D eigenvalue weighted by Gasteiger charge is -2.25. The summed E-state index contributed by atoms with van der Waals surface area (Å²) < 4.78 is 13.2. The van der Waals surface area contributed by atoms with Crippen LogP contribution in [0.1, 0.15) is 18.9 Å². The van der Waals surface area contributed by atoms with Gasteiger partial charge in [-0.2, -0.15) is 0 Å². The molecule has 1 atom stereocenters. The van der Waals surface area contributed by atoms with Crippen LogP contribution in [0.3, 0.4) is 0 Å². The van der Waals surface area contributed by atoms with Crippen LogP contribution in [0.4, 0.5) is 4.39 Å². The van der Waals surface area contributed by atoms with Gasteiger partial charge in [-0.15, -0.1) is 0 Å². The lowest BCUT2D eigenvalue weighted by Crippen LogP contribution is -2.43. The monoisotopic (exact) mass is 238 g/mol. The molecule has 0 spiro atoms. The van der Waals surface area contributed by atoms with E-state index in [1.807, 2.05) is 6.92 Å². The van der Waals surface area contributed by atoms with Gasteiger partial charge in [-0.25, -0.2) is 4.39 Å². The predicted molar refractivity (Wildman–Crippen MR) is 62.2 cm³/mol. The number of hydrogen-bond donors (Lipinski definition) is 2. The van der Waals surface area contributed by atoms with Gasteiger partial charge in [-0.3, -0.25) is 4.79 Å². The Balaban J connectivity index is 2.50. The van der Waals surface area contributed by atoms with E-state index in [4.69, 9.17) is 12.2 Å². The van der Waals surface area contributed by atoms with Crippen molar-refractivity contribution in [2.24, 2.45) is 0 Å². The Labute approximate surface area is 98.0 Å². The SMILES string of the molecule is CCC1(c2cccc(F)c2)NC(=S)NC1=O. The first kappa shape index (κ1) is 11.0. The van der Waals surface area contributed by atoms with Crippen LogP contribution in [0.25, 0.3) is 0 Å². The fraction of sp³-hybridized carbons (Fsp3) is 0.273. The van der Waals surface area contributed by atoms with E-state index in [-0.39, 0.29) is 16.8 Å². The molecule has 1 amide bonds. The largest absolute Gasteiger partial charge is 0.344 e. The molecule has 0 radical (unpaired) electrons. The zero-order valence-electron chi connectivity index (χ0n) is 8.71. The number of benzene rings is 1. The van der Waals surface area contributed by atoms with Crippen LogP contribution in [0.5, 0.6) is 0 Å². The van der Waals surface area contributed by atoms with Crippen LogP contribution in [-0.2, 0) is 10.3 Å². The third-order valence-electron chi connectivity index (χ3n) is 2.79. The number of hydrogen-bond acceptors (Lipinski definition) is 2. The highest BCUT2D eigenvalue weighted by Crippen LogP contribution is 2.28. The van der Waals surface area contributed by atoms with Gasteiger partial charge in [0.05, 0.1) is 0 Å². The number of amides is 1. The zero-order valence-corrected chi connectivity index (χ0v) is 9.53. The molecule has 2 N–H and O–H groups in total. The molecular weight excluding hydrogens is 227 g/mol. The highest BCUT2D eigenvalue weighted by Gasteiger charge is 2.44. The van der Waals surface area contributed by atoms with Gasteiger partial charge in [0.15, 0.2) is 5.11 Å². The Morgan fingerprint density at radius 1 is 1.50 bits per heavy atom. The van der Waals surface area contributed by atoms with E-state index in [2.05, 4.69) is 10.6 Å². The van der Waals surface area contributed by atoms with Crippen molar-refractivity contribution < 1.29 is 9.18 Å². The Kier molecular flexibility index (Phi) is 2.63. The topological polar surface area (TPSA) is 41.1 Å². The molecule has 0 saturated carbocycles. The van der Waals surface area contributed by atoms with Crippen LogP contribution in [0, 0.1) is 5.82 Å². The van der Waals surface area contributed by atoms with Crippen molar-refractivity contribution in [2.75, 3.05) is 0 Å². The van der Waals surface area contributed by atoms with Crippen LogP contribution in [0.2, 0.25) is 0 Å². The van der Waals surface area contributed by atoms with E-state index in [0.717, 1.165) is 0 Å². The summed E-state index contributed by atoms with van der Waals surface area (Å²) in [5, 5.41) is 5.74. The predicted octanol–water partition coefficient (Wildman–Crippen LogP) is 1.44. The fourth-order valence-electron chi connectivity index (χ4n) is 1.90. The number of thiocarbonyl (C=S) groups is 1. The maximum atomic E-state index is 13.2. The molecule has 1 saturated heterocycles. The number of carbonyl (C=O) groups is 1. The van der Waals surface area contributed by atoms with E-state index >= 15 is 0 Å². The van der Waals surface area contributed by atoms with Crippen molar-refractivity contribution in [3.8, 4) is 0 Å². The van der Waals surface area contributed by atoms with Crippen molar-refractivity contribution in [2.45, 2.75) is 18.9 Å². The summed E-state index contributed by atoms with van der Waals surface area (Å²) in [6.45, 7) is 1.85. The third-order valence-corrected chi connectivity index (χ3v) is 2.99. The molecule has 3 nitrogen and oxygen atoms in total. The maximum Gasteiger partial charge on any atom is 0.256 e. The molecule has 5 heteroatoms. The van der Waals surface area contributed by atoms with E-state index in [0.29, 0.717) is 12.0 Å². The van der Waals surface area contributed by atoms with Crippen molar-refractivity contribution in [3.63, 3.8) is 0 Å². The molecule has 1 aliphatic rings. The number of carbonyl (C=O) groups excluding carboxylic acids is 1. The molecule has 1 aromatic carbocycles. The van der Waals surface area contributed by atoms with Crippen molar-refractivity contribution in [3.05, 3.63) is 35.6 Å². The molecule has 1 heterocycles. The van der Waals surface area contributed by atoms with Crippen LogP contribution < -0.4 is 10.6 Å². The molecular formula is C11H11FN2OS. The molecule has 2 rings (SSSR count).